The van der Waals surface area contributed by atoms with E-state index in [1.807, 2.05) is 0 Å². The molecule has 1 heterocycles. The van der Waals surface area contributed by atoms with Crippen LogP contribution in [0.15, 0.2) is 47.8 Å². The Kier molecular flexibility index (Phi) is 4.27. The second kappa shape index (κ2) is 6.36. The van der Waals surface area contributed by atoms with E-state index in [1.54, 1.807) is 17.5 Å². The first kappa shape index (κ1) is 15.5. The molecule has 4 nitrogen and oxygen atoms in total. The largest absolute Gasteiger partial charge is 0.506 e. The first-order chi connectivity index (χ1) is 11.0. The average molecular weight is 349 g/mol. The Hall–Kier alpha value is -2.44. The molecule has 0 saturated heterocycles. The van der Waals surface area contributed by atoms with Crippen molar-refractivity contribution in [2.75, 3.05) is 5.32 Å². The minimum absolute atomic E-state index is 0.0870. The molecular weight excluding hydrogens is 339 g/mol. The van der Waals surface area contributed by atoms with Crippen LogP contribution in [0.3, 0.4) is 0 Å². The number of phenols is 1. The summed E-state index contributed by atoms with van der Waals surface area (Å²) in [7, 11) is 0. The number of nitrogens with zero attached hydrogens (tertiary/aromatic N) is 1. The van der Waals surface area contributed by atoms with Gasteiger partial charge in [-0.3, -0.25) is 10.1 Å². The molecule has 0 aliphatic rings. The van der Waals surface area contributed by atoms with Gasteiger partial charge in [-0.15, -0.1) is 11.3 Å². The van der Waals surface area contributed by atoms with Gasteiger partial charge in [-0.2, -0.15) is 0 Å². The maximum absolute atomic E-state index is 12.9. The van der Waals surface area contributed by atoms with Gasteiger partial charge in [0.15, 0.2) is 5.13 Å². The van der Waals surface area contributed by atoms with Crippen molar-refractivity contribution in [3.8, 4) is 17.0 Å². The van der Waals surface area contributed by atoms with E-state index >= 15 is 0 Å². The molecule has 3 aromatic rings. The van der Waals surface area contributed by atoms with Gasteiger partial charge in [0.2, 0.25) is 0 Å². The molecule has 3 rings (SSSR count). The highest BCUT2D eigenvalue weighted by molar-refractivity contribution is 7.14. The van der Waals surface area contributed by atoms with Gasteiger partial charge in [0, 0.05) is 16.5 Å². The van der Waals surface area contributed by atoms with E-state index in [0.717, 1.165) is 5.56 Å². The van der Waals surface area contributed by atoms with Crippen LogP contribution in [0.5, 0.6) is 5.75 Å². The summed E-state index contributed by atoms with van der Waals surface area (Å²) < 4.78 is 12.9. The van der Waals surface area contributed by atoms with Crippen LogP contribution in [-0.2, 0) is 0 Å². The molecule has 2 N–H and O–H groups in total. The van der Waals surface area contributed by atoms with E-state index < -0.39 is 0 Å². The number of amides is 1. The lowest BCUT2D eigenvalue weighted by molar-refractivity contribution is 0.102. The van der Waals surface area contributed by atoms with Crippen molar-refractivity contribution in [2.45, 2.75) is 0 Å². The van der Waals surface area contributed by atoms with E-state index in [-0.39, 0.29) is 22.5 Å². The highest BCUT2D eigenvalue weighted by Gasteiger charge is 2.11. The third-order valence-corrected chi connectivity index (χ3v) is 4.13. The number of halogens is 2. The van der Waals surface area contributed by atoms with Crippen molar-refractivity contribution >= 4 is 34.0 Å². The molecule has 0 unspecified atom stereocenters. The van der Waals surface area contributed by atoms with Gasteiger partial charge in [-0.05, 0) is 42.5 Å². The molecular formula is C16H10ClFN2O2S. The minimum atomic E-state index is -0.382. The molecule has 0 fully saturated rings. The smallest absolute Gasteiger partial charge is 0.257 e. The van der Waals surface area contributed by atoms with E-state index in [4.69, 9.17) is 11.6 Å². The summed E-state index contributed by atoms with van der Waals surface area (Å²) in [4.78, 5) is 16.4. The first-order valence-corrected chi connectivity index (χ1v) is 7.80. The molecule has 0 saturated carbocycles. The molecule has 0 atom stereocenters. The Morgan fingerprint density at radius 3 is 2.65 bits per heavy atom. The van der Waals surface area contributed by atoms with Gasteiger partial charge >= 0.3 is 0 Å². The van der Waals surface area contributed by atoms with Gasteiger partial charge in [0.1, 0.15) is 11.6 Å². The van der Waals surface area contributed by atoms with Crippen molar-refractivity contribution in [3.05, 3.63) is 64.2 Å². The zero-order valence-corrected chi connectivity index (χ0v) is 13.2. The Labute approximate surface area is 140 Å². The summed E-state index contributed by atoms with van der Waals surface area (Å²) in [5, 5.41) is 14.3. The number of thiazole rings is 1. The number of phenolic OH excluding ortho intramolecular Hbond substituents is 1. The Morgan fingerprint density at radius 2 is 1.96 bits per heavy atom. The zero-order chi connectivity index (χ0) is 16.4. The number of aromatic hydroxyl groups is 1. The number of benzene rings is 2. The summed E-state index contributed by atoms with van der Waals surface area (Å²) in [6, 6.07) is 10.1. The van der Waals surface area contributed by atoms with Crippen molar-refractivity contribution < 1.29 is 14.3 Å². The van der Waals surface area contributed by atoms with Crippen LogP contribution < -0.4 is 5.32 Å². The molecule has 7 heteroatoms. The summed E-state index contributed by atoms with van der Waals surface area (Å²) in [5.74, 6) is -0.787. The predicted molar refractivity (Wildman–Crippen MR) is 88.6 cm³/mol. The zero-order valence-electron chi connectivity index (χ0n) is 11.6. The summed E-state index contributed by atoms with van der Waals surface area (Å²) in [6.45, 7) is 0. The molecule has 1 amide bonds. The third kappa shape index (κ3) is 3.49. The number of carbonyl (C=O) groups is 1. The molecule has 0 aliphatic carbocycles. The number of hydrogen-bond donors (Lipinski definition) is 2. The lowest BCUT2D eigenvalue weighted by Gasteiger charge is -2.03. The fourth-order valence-corrected chi connectivity index (χ4v) is 2.80. The molecule has 0 bridgehead atoms. The number of hydrogen-bond acceptors (Lipinski definition) is 4. The highest BCUT2D eigenvalue weighted by Crippen LogP contribution is 2.27. The van der Waals surface area contributed by atoms with Crippen LogP contribution in [0.2, 0.25) is 5.02 Å². The van der Waals surface area contributed by atoms with Gasteiger partial charge in [-0.25, -0.2) is 9.37 Å². The molecule has 0 radical (unpaired) electrons. The second-order valence-corrected chi connectivity index (χ2v) is 5.93. The van der Waals surface area contributed by atoms with Crippen LogP contribution in [0.25, 0.3) is 11.3 Å². The van der Waals surface area contributed by atoms with Crippen LogP contribution in [-0.4, -0.2) is 16.0 Å². The summed E-state index contributed by atoms with van der Waals surface area (Å²) in [6.07, 6.45) is 0. The van der Waals surface area contributed by atoms with Crippen LogP contribution in [0.1, 0.15) is 10.4 Å². The van der Waals surface area contributed by atoms with Crippen molar-refractivity contribution in [1.82, 2.24) is 4.98 Å². The fourth-order valence-electron chi connectivity index (χ4n) is 1.90. The lowest BCUT2D eigenvalue weighted by Crippen LogP contribution is -2.11. The van der Waals surface area contributed by atoms with Gasteiger partial charge in [0.05, 0.1) is 10.7 Å². The SMILES string of the molecule is O=C(Nc1nc(-c2ccc(F)cc2)cs1)c1ccc(O)c(Cl)c1. The molecule has 116 valence electrons. The molecule has 2 aromatic carbocycles. The molecule has 0 spiro atoms. The topological polar surface area (TPSA) is 62.2 Å². The highest BCUT2D eigenvalue weighted by atomic mass is 35.5. The van der Waals surface area contributed by atoms with E-state index in [2.05, 4.69) is 10.3 Å². The van der Waals surface area contributed by atoms with Crippen LogP contribution in [0.4, 0.5) is 9.52 Å². The van der Waals surface area contributed by atoms with Gasteiger partial charge in [-0.1, -0.05) is 11.6 Å². The molecule has 23 heavy (non-hydrogen) atoms. The standard InChI is InChI=1S/C16H10ClFN2O2S/c17-12-7-10(3-6-14(12)21)15(22)20-16-19-13(8-23-16)9-1-4-11(18)5-2-9/h1-8,21H,(H,19,20,22). The monoisotopic (exact) mass is 348 g/mol. The molecule has 1 aromatic heterocycles. The summed E-state index contributed by atoms with van der Waals surface area (Å²) in [5.41, 5.74) is 1.72. The fraction of sp³-hybridized carbons (Fsp3) is 0. The Bertz CT molecular complexity index is 865. The predicted octanol–water partition coefficient (Wildman–Crippen LogP) is 4.56. The summed E-state index contributed by atoms with van der Waals surface area (Å²) >= 11 is 7.04. The van der Waals surface area contributed by atoms with E-state index in [9.17, 15) is 14.3 Å². The average Bonchev–Trinajstić information content (AvgIpc) is 2.99. The third-order valence-electron chi connectivity index (χ3n) is 3.07. The number of rotatable bonds is 3. The van der Waals surface area contributed by atoms with Crippen molar-refractivity contribution in [3.63, 3.8) is 0 Å². The maximum Gasteiger partial charge on any atom is 0.257 e. The quantitative estimate of drug-likeness (QED) is 0.729. The number of carbonyl (C=O) groups excluding carboxylic acids is 1. The van der Waals surface area contributed by atoms with E-state index in [1.165, 1.54) is 41.7 Å². The normalized spacial score (nSPS) is 10.5. The second-order valence-electron chi connectivity index (χ2n) is 4.67. The van der Waals surface area contributed by atoms with Crippen molar-refractivity contribution in [1.29, 1.82) is 0 Å². The maximum atomic E-state index is 12.9. The number of anilines is 1. The minimum Gasteiger partial charge on any atom is -0.506 e. The van der Waals surface area contributed by atoms with Gasteiger partial charge in [0.25, 0.3) is 5.91 Å². The Morgan fingerprint density at radius 1 is 1.22 bits per heavy atom. The van der Waals surface area contributed by atoms with Gasteiger partial charge < -0.3 is 5.11 Å². The van der Waals surface area contributed by atoms with Crippen molar-refractivity contribution in [2.24, 2.45) is 0 Å². The number of nitrogens with one attached hydrogen (secondary N) is 1. The molecule has 0 aliphatic heterocycles. The number of aromatic nitrogens is 1. The van der Waals surface area contributed by atoms with Crippen LogP contribution >= 0.6 is 22.9 Å². The van der Waals surface area contributed by atoms with E-state index in [0.29, 0.717) is 16.4 Å². The van der Waals surface area contributed by atoms with Crippen LogP contribution in [0, 0.1) is 5.82 Å². The lowest BCUT2D eigenvalue weighted by atomic mass is 10.2. The Balaban J connectivity index is 1.77. The first-order valence-electron chi connectivity index (χ1n) is 6.54.